The molecule has 0 atom stereocenters. The number of anilines is 1. The van der Waals surface area contributed by atoms with Crippen molar-refractivity contribution in [3.05, 3.63) is 59.7 Å². The van der Waals surface area contributed by atoms with Gasteiger partial charge in [-0.3, -0.25) is 4.98 Å². The second kappa shape index (κ2) is 5.95. The summed E-state index contributed by atoms with van der Waals surface area (Å²) in [7, 11) is 0. The summed E-state index contributed by atoms with van der Waals surface area (Å²) in [6.45, 7) is 2.06. The number of nitrogens with zero attached hydrogens (tertiary/aromatic N) is 1. The van der Waals surface area contributed by atoms with Crippen LogP contribution < -0.4 is 10.6 Å². The average molecular weight is 259 g/mol. The summed E-state index contributed by atoms with van der Waals surface area (Å²) in [6, 6.07) is 7.82. The standard InChI is InChI=1S/C14H14FN3O/c1-10-2-3-12(8-13(10)15)18-14(19)17-9-11-4-6-16-7-5-11/h2-8H,9H2,1H3,(H2,17,18,19). The highest BCUT2D eigenvalue weighted by Gasteiger charge is 2.04. The molecular weight excluding hydrogens is 245 g/mol. The van der Waals surface area contributed by atoms with Gasteiger partial charge in [0.25, 0.3) is 0 Å². The number of urea groups is 1. The smallest absolute Gasteiger partial charge is 0.319 e. The fraction of sp³-hybridized carbons (Fsp3) is 0.143. The van der Waals surface area contributed by atoms with E-state index in [2.05, 4.69) is 15.6 Å². The van der Waals surface area contributed by atoms with E-state index in [9.17, 15) is 9.18 Å². The first kappa shape index (κ1) is 13.0. The maximum absolute atomic E-state index is 13.3. The lowest BCUT2D eigenvalue weighted by Gasteiger charge is -2.08. The van der Waals surface area contributed by atoms with Crippen LogP contribution in [0, 0.1) is 12.7 Å². The third kappa shape index (κ3) is 3.77. The molecule has 5 heteroatoms. The quantitative estimate of drug-likeness (QED) is 0.890. The second-order valence-corrected chi connectivity index (χ2v) is 4.13. The van der Waals surface area contributed by atoms with Gasteiger partial charge in [-0.05, 0) is 42.3 Å². The van der Waals surface area contributed by atoms with Crippen LogP contribution in [-0.4, -0.2) is 11.0 Å². The highest BCUT2D eigenvalue weighted by atomic mass is 19.1. The van der Waals surface area contributed by atoms with Gasteiger partial charge in [0.15, 0.2) is 0 Å². The Balaban J connectivity index is 1.89. The molecule has 0 aliphatic heterocycles. The Morgan fingerprint density at radius 1 is 1.26 bits per heavy atom. The maximum atomic E-state index is 13.3. The molecule has 2 N–H and O–H groups in total. The number of carbonyl (C=O) groups is 1. The van der Waals surface area contributed by atoms with Crippen molar-refractivity contribution in [1.82, 2.24) is 10.3 Å². The van der Waals surface area contributed by atoms with Gasteiger partial charge in [0, 0.05) is 24.6 Å². The Morgan fingerprint density at radius 3 is 2.68 bits per heavy atom. The van der Waals surface area contributed by atoms with Gasteiger partial charge >= 0.3 is 6.03 Å². The molecule has 0 bridgehead atoms. The number of benzene rings is 1. The molecule has 0 fully saturated rings. The van der Waals surface area contributed by atoms with Crippen LogP contribution in [0.25, 0.3) is 0 Å². The Bertz CT molecular complexity index is 572. The number of amides is 2. The van der Waals surface area contributed by atoms with Crippen LogP contribution in [0.2, 0.25) is 0 Å². The second-order valence-electron chi connectivity index (χ2n) is 4.13. The van der Waals surface area contributed by atoms with E-state index in [0.717, 1.165) is 5.56 Å². The van der Waals surface area contributed by atoms with Crippen LogP contribution in [0.3, 0.4) is 0 Å². The number of aryl methyl sites for hydroxylation is 1. The molecule has 1 aromatic carbocycles. The summed E-state index contributed by atoms with van der Waals surface area (Å²) < 4.78 is 13.3. The van der Waals surface area contributed by atoms with E-state index >= 15 is 0 Å². The van der Waals surface area contributed by atoms with Gasteiger partial charge in [-0.2, -0.15) is 0 Å². The first-order chi connectivity index (χ1) is 9.15. The first-order valence-electron chi connectivity index (χ1n) is 5.85. The summed E-state index contributed by atoms with van der Waals surface area (Å²) in [5, 5.41) is 5.26. The molecule has 2 amide bonds. The molecule has 0 aliphatic rings. The molecule has 4 nitrogen and oxygen atoms in total. The minimum atomic E-state index is -0.375. The Kier molecular flexibility index (Phi) is 4.07. The lowest BCUT2D eigenvalue weighted by molar-refractivity contribution is 0.251. The first-order valence-corrected chi connectivity index (χ1v) is 5.85. The molecule has 0 unspecified atom stereocenters. The Morgan fingerprint density at radius 2 is 2.00 bits per heavy atom. The van der Waals surface area contributed by atoms with E-state index in [1.807, 2.05) is 12.1 Å². The normalized spacial score (nSPS) is 10.0. The lowest BCUT2D eigenvalue weighted by atomic mass is 10.2. The van der Waals surface area contributed by atoms with Crippen molar-refractivity contribution >= 4 is 11.7 Å². The van der Waals surface area contributed by atoms with Gasteiger partial charge in [0.2, 0.25) is 0 Å². The van der Waals surface area contributed by atoms with E-state index in [1.54, 1.807) is 31.5 Å². The van der Waals surface area contributed by atoms with Crippen molar-refractivity contribution in [1.29, 1.82) is 0 Å². The molecule has 98 valence electrons. The van der Waals surface area contributed by atoms with Gasteiger partial charge in [0.1, 0.15) is 5.82 Å². The predicted octanol–water partition coefficient (Wildman–Crippen LogP) is 2.85. The molecule has 1 aromatic heterocycles. The number of hydrogen-bond acceptors (Lipinski definition) is 2. The van der Waals surface area contributed by atoms with Gasteiger partial charge in [-0.1, -0.05) is 6.07 Å². The van der Waals surface area contributed by atoms with Crippen LogP contribution in [0.5, 0.6) is 0 Å². The van der Waals surface area contributed by atoms with Crippen molar-refractivity contribution in [2.75, 3.05) is 5.32 Å². The zero-order valence-electron chi connectivity index (χ0n) is 10.5. The highest BCUT2D eigenvalue weighted by molar-refractivity contribution is 5.89. The topological polar surface area (TPSA) is 54.0 Å². The number of rotatable bonds is 3. The fourth-order valence-electron chi connectivity index (χ4n) is 1.53. The summed E-state index contributed by atoms with van der Waals surface area (Å²) in [5.41, 5.74) is 1.92. The van der Waals surface area contributed by atoms with Gasteiger partial charge in [-0.15, -0.1) is 0 Å². The van der Waals surface area contributed by atoms with E-state index in [4.69, 9.17) is 0 Å². The number of nitrogens with one attached hydrogen (secondary N) is 2. The van der Waals surface area contributed by atoms with Crippen LogP contribution in [-0.2, 0) is 6.54 Å². The maximum Gasteiger partial charge on any atom is 0.319 e. The zero-order valence-corrected chi connectivity index (χ0v) is 10.5. The molecule has 0 saturated carbocycles. The van der Waals surface area contributed by atoms with Crippen LogP contribution >= 0.6 is 0 Å². The summed E-state index contributed by atoms with van der Waals surface area (Å²) in [4.78, 5) is 15.5. The number of aromatic nitrogens is 1. The minimum absolute atomic E-state index is 0.341. The molecule has 0 saturated heterocycles. The molecule has 19 heavy (non-hydrogen) atoms. The van der Waals surface area contributed by atoms with E-state index in [-0.39, 0.29) is 11.8 Å². The number of carbonyl (C=O) groups excluding carboxylic acids is 1. The van der Waals surface area contributed by atoms with Gasteiger partial charge in [0.05, 0.1) is 0 Å². The molecule has 0 aliphatic carbocycles. The Labute approximate surface area is 110 Å². The lowest BCUT2D eigenvalue weighted by Crippen LogP contribution is -2.28. The fourth-order valence-corrected chi connectivity index (χ4v) is 1.53. The van der Waals surface area contributed by atoms with Crippen molar-refractivity contribution in [3.63, 3.8) is 0 Å². The third-order valence-electron chi connectivity index (χ3n) is 2.63. The SMILES string of the molecule is Cc1ccc(NC(=O)NCc2ccncc2)cc1F. The van der Waals surface area contributed by atoms with Crippen molar-refractivity contribution in [3.8, 4) is 0 Å². The van der Waals surface area contributed by atoms with Crippen molar-refractivity contribution in [2.24, 2.45) is 0 Å². The summed E-state index contributed by atoms with van der Waals surface area (Å²) in [5.74, 6) is -0.341. The number of halogens is 1. The van der Waals surface area contributed by atoms with E-state index < -0.39 is 0 Å². The predicted molar refractivity (Wildman–Crippen MR) is 71.2 cm³/mol. The van der Waals surface area contributed by atoms with Crippen molar-refractivity contribution < 1.29 is 9.18 Å². The largest absolute Gasteiger partial charge is 0.334 e. The molecule has 0 radical (unpaired) electrons. The minimum Gasteiger partial charge on any atom is -0.334 e. The summed E-state index contributed by atoms with van der Waals surface area (Å²) in [6.07, 6.45) is 3.31. The average Bonchev–Trinajstić information content (AvgIpc) is 2.42. The van der Waals surface area contributed by atoms with E-state index in [1.165, 1.54) is 6.07 Å². The van der Waals surface area contributed by atoms with Crippen LogP contribution in [0.4, 0.5) is 14.9 Å². The van der Waals surface area contributed by atoms with Gasteiger partial charge < -0.3 is 10.6 Å². The number of hydrogen-bond donors (Lipinski definition) is 2. The van der Waals surface area contributed by atoms with E-state index in [0.29, 0.717) is 17.8 Å². The van der Waals surface area contributed by atoms with Crippen LogP contribution in [0.15, 0.2) is 42.7 Å². The Hall–Kier alpha value is -2.43. The third-order valence-corrected chi connectivity index (χ3v) is 2.63. The van der Waals surface area contributed by atoms with Gasteiger partial charge in [-0.25, -0.2) is 9.18 Å². The van der Waals surface area contributed by atoms with Crippen LogP contribution in [0.1, 0.15) is 11.1 Å². The molecule has 0 spiro atoms. The highest BCUT2D eigenvalue weighted by Crippen LogP contribution is 2.13. The molecule has 2 rings (SSSR count). The summed E-state index contributed by atoms with van der Waals surface area (Å²) >= 11 is 0. The molecule has 1 heterocycles. The molecular formula is C14H14FN3O. The molecule has 2 aromatic rings. The number of pyridine rings is 1. The monoisotopic (exact) mass is 259 g/mol. The van der Waals surface area contributed by atoms with Crippen molar-refractivity contribution in [2.45, 2.75) is 13.5 Å². The zero-order chi connectivity index (χ0) is 13.7.